The van der Waals surface area contributed by atoms with Crippen LogP contribution in [0.15, 0.2) is 176 Å². The Hall–Kier alpha value is -7.42. The summed E-state index contributed by atoms with van der Waals surface area (Å²) in [6.45, 7) is 8.07. The van der Waals surface area contributed by atoms with Crippen LogP contribution in [0.4, 0.5) is 5.69 Å². The largest absolute Gasteiger partial charge is 0.310 e. The molecule has 53 heavy (non-hydrogen) atoms. The van der Waals surface area contributed by atoms with Crippen molar-refractivity contribution < 1.29 is 0 Å². The van der Waals surface area contributed by atoms with Gasteiger partial charge in [0.2, 0.25) is 0 Å². The highest BCUT2D eigenvalue weighted by Gasteiger charge is 2.20. The quantitative estimate of drug-likeness (QED) is 0.171. The molecule has 0 aliphatic rings. The van der Waals surface area contributed by atoms with Crippen LogP contribution in [0.1, 0.15) is 0 Å². The zero-order chi connectivity index (χ0) is 35.0. The second-order valence-electron chi connectivity index (χ2n) is 13.6. The summed E-state index contributed by atoms with van der Waals surface area (Å²) in [5.74, 6) is 0. The van der Waals surface area contributed by atoms with Gasteiger partial charge >= 0.3 is 0 Å². The normalized spacial score (nSPS) is 11.8. The molecule has 0 amide bonds. The van der Waals surface area contributed by atoms with Crippen LogP contribution in [-0.4, -0.2) is 18.7 Å². The summed E-state index contributed by atoms with van der Waals surface area (Å²) in [4.78, 5) is 8.89. The molecule has 0 saturated carbocycles. The number of hydrogen-bond donors (Lipinski definition) is 0. The van der Waals surface area contributed by atoms with Crippen molar-refractivity contribution in [3.63, 3.8) is 0 Å². The summed E-state index contributed by atoms with van der Waals surface area (Å²) in [7, 11) is 0. The zero-order valence-corrected chi connectivity index (χ0v) is 28.5. The second-order valence-corrected chi connectivity index (χ2v) is 13.6. The predicted molar refractivity (Wildman–Crippen MR) is 219 cm³/mol. The van der Waals surface area contributed by atoms with Gasteiger partial charge < -0.3 is 13.7 Å². The fourth-order valence-corrected chi connectivity index (χ4v) is 8.41. The number of pyridine rings is 1. The van der Waals surface area contributed by atoms with Gasteiger partial charge in [0.25, 0.3) is 0 Å². The molecule has 11 aromatic rings. The highest BCUT2D eigenvalue weighted by atomic mass is 15.0. The molecule has 4 aromatic heterocycles. The molecule has 0 aliphatic carbocycles. The summed E-state index contributed by atoms with van der Waals surface area (Å²) >= 11 is 0. The van der Waals surface area contributed by atoms with Gasteiger partial charge in [-0.2, -0.15) is 0 Å². The van der Waals surface area contributed by atoms with Crippen molar-refractivity contribution in [2.75, 3.05) is 0 Å². The van der Waals surface area contributed by atoms with Crippen LogP contribution >= 0.6 is 0 Å². The van der Waals surface area contributed by atoms with Gasteiger partial charge in [0.15, 0.2) is 5.69 Å². The third kappa shape index (κ3) is 4.33. The molecule has 0 bridgehead atoms. The summed E-state index contributed by atoms with van der Waals surface area (Å²) in [5.41, 5.74) is 13.4. The molecular formula is C48H29N5. The molecule has 0 radical (unpaired) electrons. The molecule has 0 spiro atoms. The van der Waals surface area contributed by atoms with Crippen LogP contribution in [0.2, 0.25) is 0 Å². The monoisotopic (exact) mass is 675 g/mol. The van der Waals surface area contributed by atoms with Gasteiger partial charge in [-0.05, 0) is 96.1 Å². The fourth-order valence-electron chi connectivity index (χ4n) is 8.41. The maximum Gasteiger partial charge on any atom is 0.189 e. The number of para-hydroxylation sites is 4. The maximum atomic E-state index is 8.07. The van der Waals surface area contributed by atoms with E-state index in [2.05, 4.69) is 170 Å². The van der Waals surface area contributed by atoms with Crippen LogP contribution < -0.4 is 0 Å². The molecule has 5 heteroatoms. The van der Waals surface area contributed by atoms with Crippen LogP contribution in [0.25, 0.3) is 98.6 Å². The lowest BCUT2D eigenvalue weighted by Gasteiger charge is -2.13. The van der Waals surface area contributed by atoms with Gasteiger partial charge in [-0.3, -0.25) is 4.98 Å². The summed E-state index contributed by atoms with van der Waals surface area (Å²) in [6.07, 6.45) is 1.88. The Morgan fingerprint density at radius 2 is 0.925 bits per heavy atom. The third-order valence-corrected chi connectivity index (χ3v) is 10.6. The molecule has 5 nitrogen and oxygen atoms in total. The lowest BCUT2D eigenvalue weighted by Crippen LogP contribution is -1.96. The van der Waals surface area contributed by atoms with Crippen LogP contribution in [-0.2, 0) is 0 Å². The molecule has 0 unspecified atom stereocenters. The Bertz CT molecular complexity index is 3250. The zero-order valence-electron chi connectivity index (χ0n) is 28.5. The number of hydrogen-bond acceptors (Lipinski definition) is 1. The van der Waals surface area contributed by atoms with E-state index < -0.39 is 0 Å². The number of nitrogens with zero attached hydrogens (tertiary/aromatic N) is 5. The third-order valence-electron chi connectivity index (χ3n) is 10.6. The van der Waals surface area contributed by atoms with Crippen molar-refractivity contribution in [1.29, 1.82) is 0 Å². The Morgan fingerprint density at radius 3 is 1.64 bits per heavy atom. The first kappa shape index (κ1) is 29.3. The van der Waals surface area contributed by atoms with Crippen molar-refractivity contribution in [3.05, 3.63) is 187 Å². The molecule has 0 aliphatic heterocycles. The number of benzene rings is 7. The Morgan fingerprint density at radius 1 is 0.377 bits per heavy atom. The van der Waals surface area contributed by atoms with Crippen molar-refractivity contribution in [3.8, 4) is 28.2 Å². The molecule has 7 aromatic carbocycles. The van der Waals surface area contributed by atoms with E-state index in [1.165, 1.54) is 27.1 Å². The number of aromatic nitrogens is 4. The van der Waals surface area contributed by atoms with E-state index in [-0.39, 0.29) is 0 Å². The maximum absolute atomic E-state index is 8.07. The first-order chi connectivity index (χ1) is 26.2. The van der Waals surface area contributed by atoms with Gasteiger partial charge in [-0.1, -0.05) is 84.9 Å². The van der Waals surface area contributed by atoms with E-state index in [1.54, 1.807) is 0 Å². The molecule has 4 heterocycles. The van der Waals surface area contributed by atoms with Crippen LogP contribution in [0.3, 0.4) is 0 Å². The van der Waals surface area contributed by atoms with Crippen molar-refractivity contribution in [2.45, 2.75) is 0 Å². The Kier molecular flexibility index (Phi) is 6.25. The molecule has 246 valence electrons. The van der Waals surface area contributed by atoms with E-state index in [0.717, 1.165) is 66.7 Å². The predicted octanol–water partition coefficient (Wildman–Crippen LogP) is 12.6. The smallest absolute Gasteiger partial charge is 0.189 e. The highest BCUT2D eigenvalue weighted by molar-refractivity contribution is 6.18. The minimum atomic E-state index is 0.600. The summed E-state index contributed by atoms with van der Waals surface area (Å²) in [5, 5.41) is 5.89. The van der Waals surface area contributed by atoms with E-state index >= 15 is 0 Å². The molecule has 0 saturated heterocycles. The molecule has 0 fully saturated rings. The second kappa shape index (κ2) is 11.3. The van der Waals surface area contributed by atoms with Crippen LogP contribution in [0, 0.1) is 6.57 Å². The summed E-state index contributed by atoms with van der Waals surface area (Å²) in [6, 6.07) is 59.9. The fraction of sp³-hybridized carbons (Fsp3) is 0. The minimum absolute atomic E-state index is 0.600. The molecule has 0 N–H and O–H groups in total. The first-order valence-corrected chi connectivity index (χ1v) is 17.7. The lowest BCUT2D eigenvalue weighted by molar-refractivity contribution is 1.17. The number of rotatable bonds is 4. The van der Waals surface area contributed by atoms with E-state index in [0.29, 0.717) is 5.69 Å². The molecular weight excluding hydrogens is 647 g/mol. The molecule has 0 atom stereocenters. The standard InChI is InChI=1S/C48H29N5/c1-49-33-25-32(27-36(28-33)53-42-20-8-5-17-37(42)38-18-6-9-21-43(38)53)31-13-11-16-35(26-31)52-45-23-12-24-50-48(45)41-30-46-40(29-47(41)52)39-19-7-10-22-44(39)51(46)34-14-3-2-4-15-34/h2-30H. The van der Waals surface area contributed by atoms with Crippen LogP contribution in [0.5, 0.6) is 0 Å². The van der Waals surface area contributed by atoms with Crippen molar-refractivity contribution >= 4 is 71.2 Å². The minimum Gasteiger partial charge on any atom is -0.310 e. The SMILES string of the molecule is [C-]#[N+]c1cc(-c2cccc(-n3c4cc5c6ccccc6n(-c6ccccc6)c5cc4c4ncccc43)c2)cc(-n2c3ccccc3c3ccccc32)c1. The van der Waals surface area contributed by atoms with Gasteiger partial charge in [0, 0.05) is 50.2 Å². The van der Waals surface area contributed by atoms with E-state index in [1.807, 2.05) is 24.4 Å². The van der Waals surface area contributed by atoms with Gasteiger partial charge in [0.1, 0.15) is 0 Å². The summed E-state index contributed by atoms with van der Waals surface area (Å²) < 4.78 is 6.97. The Labute approximate surface area is 304 Å². The average molecular weight is 676 g/mol. The first-order valence-electron chi connectivity index (χ1n) is 17.7. The van der Waals surface area contributed by atoms with Crippen molar-refractivity contribution in [2.24, 2.45) is 0 Å². The van der Waals surface area contributed by atoms with Gasteiger partial charge in [-0.25, -0.2) is 4.85 Å². The average Bonchev–Trinajstić information content (AvgIpc) is 3.85. The number of fused-ring (bicyclic) bond motifs is 9. The van der Waals surface area contributed by atoms with Crippen molar-refractivity contribution in [1.82, 2.24) is 18.7 Å². The van der Waals surface area contributed by atoms with Gasteiger partial charge in [-0.15, -0.1) is 0 Å². The highest BCUT2D eigenvalue weighted by Crippen LogP contribution is 2.40. The topological polar surface area (TPSA) is 32.0 Å². The van der Waals surface area contributed by atoms with E-state index in [4.69, 9.17) is 11.6 Å². The van der Waals surface area contributed by atoms with E-state index in [9.17, 15) is 0 Å². The molecule has 11 rings (SSSR count). The Balaban J connectivity index is 1.14. The lowest BCUT2D eigenvalue weighted by atomic mass is 10.0. The van der Waals surface area contributed by atoms with Gasteiger partial charge in [0.05, 0.1) is 45.2 Å².